The van der Waals surface area contributed by atoms with Crippen LogP contribution in [0.5, 0.6) is 0 Å². The number of Topliss-reactive ketones (excluding diaryl/α,β-unsaturated/α-hetero) is 3. The summed E-state index contributed by atoms with van der Waals surface area (Å²) in [6.45, 7) is 20.7. The number of urea groups is 1. The molecule has 3 aromatic rings. The molecule has 32 nitrogen and oxygen atoms in total. The second-order valence-corrected chi connectivity index (χ2v) is 33.7. The summed E-state index contributed by atoms with van der Waals surface area (Å²) >= 11 is 1.51. The summed E-state index contributed by atoms with van der Waals surface area (Å²) in [4.78, 5) is 192. The number of aliphatic hydroxyl groups excluding tert-OH is 1. The van der Waals surface area contributed by atoms with E-state index in [4.69, 9.17) is 34.2 Å². The van der Waals surface area contributed by atoms with Gasteiger partial charge in [0.25, 0.3) is 5.91 Å². The number of aromatic nitrogens is 1. The van der Waals surface area contributed by atoms with Crippen LogP contribution in [0.4, 0.5) is 15.3 Å². The van der Waals surface area contributed by atoms with E-state index in [1.807, 2.05) is 77.4 Å². The molecule has 3 aliphatic rings. The zero-order valence-electron chi connectivity index (χ0n) is 72.8. The van der Waals surface area contributed by atoms with Gasteiger partial charge < -0.3 is 85.0 Å². The lowest BCUT2D eigenvalue weighted by Crippen LogP contribution is -2.54. The topological polar surface area (TPSA) is 404 Å². The normalized spacial score (nSPS) is 17.3. The highest BCUT2D eigenvalue weighted by atomic mass is 32.1. The van der Waals surface area contributed by atoms with Crippen LogP contribution in [0, 0.1) is 47.3 Å². The fourth-order valence-corrected chi connectivity index (χ4v) is 16.6. The molecular weight excluding hydrogens is 1570 g/mol. The van der Waals surface area contributed by atoms with Crippen molar-refractivity contribution in [1.82, 2.24) is 50.3 Å². The van der Waals surface area contributed by atoms with Crippen LogP contribution in [0.1, 0.15) is 174 Å². The first kappa shape index (κ1) is 100. The number of ketones is 3. The number of hydrogen-bond donors (Lipinski definition) is 6. The highest BCUT2D eigenvalue weighted by molar-refractivity contribution is 7.09. The quantitative estimate of drug-likeness (QED) is 0.0245. The molecule has 0 radical (unpaired) electrons. The Morgan fingerprint density at radius 3 is 1.90 bits per heavy atom. The van der Waals surface area contributed by atoms with Gasteiger partial charge in [-0.25, -0.2) is 14.6 Å². The number of ether oxygens (including phenoxy) is 6. The van der Waals surface area contributed by atoms with Crippen molar-refractivity contribution in [2.24, 2.45) is 53.1 Å². The molecule has 3 saturated heterocycles. The van der Waals surface area contributed by atoms with Gasteiger partial charge in [0.2, 0.25) is 47.5 Å². The average molecular weight is 1700 g/mol. The third kappa shape index (κ3) is 31.6. The lowest BCUT2D eigenvalue weighted by atomic mass is 9.80. The van der Waals surface area contributed by atoms with Gasteiger partial charge in [-0.3, -0.25) is 57.6 Å². The van der Waals surface area contributed by atoms with Gasteiger partial charge in [-0.2, -0.15) is 0 Å². The van der Waals surface area contributed by atoms with Crippen LogP contribution in [0.2, 0.25) is 0 Å². The SMILES string of the molecule is CC[C@H](C)[C@@H]([C@@H](CC(=O)N1CCC[C@H]1[C@H](CO)[C@@H](C)C(=O)C[C@@H](Cc1ccccc1)c1nccs1)OC)N(C)C(=O)[C@@H](CC(=O)[C@H](C(C)C)N(C)C(=O)OC(C(=O)N1CCN(C)CC1)c1ccc(NC(=O)[C@H](CCCNC(N)=O)CC(=O)C(NC(=O)CCOCCOCCOCCOCCNC(=O)CCN2C(=O)CCC2=O)C(C)C)cc1)C(C)C. The molecule has 0 saturated carbocycles. The maximum atomic E-state index is 15.2. The first-order chi connectivity index (χ1) is 57.3. The van der Waals surface area contributed by atoms with Crippen LogP contribution in [0.15, 0.2) is 66.2 Å². The van der Waals surface area contributed by atoms with E-state index in [1.54, 1.807) is 55.6 Å². The molecule has 33 heteroatoms. The van der Waals surface area contributed by atoms with E-state index in [2.05, 4.69) is 31.2 Å². The third-order valence-electron chi connectivity index (χ3n) is 23.1. The van der Waals surface area contributed by atoms with E-state index in [-0.39, 0.29) is 207 Å². The Hall–Kier alpha value is -8.70. The minimum absolute atomic E-state index is 0.0149. The van der Waals surface area contributed by atoms with Crippen molar-refractivity contribution in [3.63, 3.8) is 0 Å². The first-order valence-corrected chi connectivity index (χ1v) is 43.4. The molecule has 0 aliphatic carbocycles. The van der Waals surface area contributed by atoms with Crippen LogP contribution in [0.3, 0.4) is 0 Å². The number of carbonyl (C=O) groups is 13. The molecule has 120 heavy (non-hydrogen) atoms. The Morgan fingerprint density at radius 1 is 0.692 bits per heavy atom. The number of nitrogens with zero attached hydrogens (tertiary/aromatic N) is 7. The van der Waals surface area contributed by atoms with E-state index in [0.29, 0.717) is 65.0 Å². The lowest BCUT2D eigenvalue weighted by Gasteiger charge is -2.41. The first-order valence-electron chi connectivity index (χ1n) is 42.6. The largest absolute Gasteiger partial charge is 0.431 e. The van der Waals surface area contributed by atoms with Crippen LogP contribution < -0.4 is 27.0 Å². The molecule has 1 aromatic heterocycles. The Bertz CT molecular complexity index is 3740. The number of likely N-dealkylation sites (tertiary alicyclic amines) is 2. The number of hydrogen-bond acceptors (Lipinski definition) is 23. The van der Waals surface area contributed by atoms with E-state index in [0.717, 1.165) is 15.5 Å². The number of carbonyl (C=O) groups excluding carboxylic acids is 13. The molecule has 7 N–H and O–H groups in total. The summed E-state index contributed by atoms with van der Waals surface area (Å²) in [5.41, 5.74) is 6.95. The van der Waals surface area contributed by atoms with Crippen molar-refractivity contribution in [3.05, 3.63) is 82.3 Å². The van der Waals surface area contributed by atoms with Gasteiger partial charge in [0.05, 0.1) is 88.5 Å². The number of imide groups is 1. The van der Waals surface area contributed by atoms with Gasteiger partial charge in [0, 0.05) is 184 Å². The number of likely N-dealkylation sites (N-methyl/N-ethyl adjacent to an activating group) is 3. The number of thiazole rings is 1. The smallest absolute Gasteiger partial charge is 0.411 e. The number of nitrogens with two attached hydrogens (primary N) is 1. The standard InChI is InChI=1S/C87H134N12O20S/c1-14-59(8)80(72(114-13)54-77(108)98-35-19-23-68(98)67(55-100)60(9)69(101)52-64(83-90-34-49-120-83)50-61-20-16-15-17-21-61)95(11)84(110)66(56(2)3)53-71(103)79(58(6)7)96(12)87(113)119-81(85(111)97-39-37-94(10)38-40-97)62-24-26-65(27-25-62)92-82(109)63(22-18-32-91-86(88)112)51-70(102)78(57(4)5)93-74(105)31-41-115-43-45-117-47-48-118-46-44-116-42-33-89-73(104)30-36-99-75(106)28-29-76(99)107/h15-17,20-21,24-27,34,49,56-60,63-64,66-68,72,78-81,100H,14,18-19,22-23,28-33,35-48,50-55H2,1-13H3,(H,89,104)(H,92,109)(H,93,105)(H3,88,91,112)/t59-,60+,63+,64+,66-,67+,68-,72+,78?,79-,80-,81?/m0/s1. The number of piperazine rings is 1. The molecule has 12 atom stereocenters. The average Bonchev–Trinajstić information content (AvgIpc) is 1.57. The number of anilines is 1. The molecular formula is C87H134N12O20S. The number of benzene rings is 2. The highest BCUT2D eigenvalue weighted by Gasteiger charge is 2.45. The van der Waals surface area contributed by atoms with Gasteiger partial charge in [0.1, 0.15) is 5.78 Å². The maximum Gasteiger partial charge on any atom is 0.411 e. The second-order valence-electron chi connectivity index (χ2n) is 32.8. The molecule has 2 unspecified atom stereocenters. The van der Waals surface area contributed by atoms with Crippen molar-refractivity contribution in [1.29, 1.82) is 0 Å². The molecule has 0 spiro atoms. The van der Waals surface area contributed by atoms with Crippen molar-refractivity contribution in [2.75, 3.05) is 145 Å². The lowest BCUT2D eigenvalue weighted by molar-refractivity contribution is -0.148. The van der Waals surface area contributed by atoms with Crippen LogP contribution in [-0.2, 0) is 87.6 Å². The Morgan fingerprint density at radius 2 is 1.32 bits per heavy atom. The van der Waals surface area contributed by atoms with E-state index < -0.39 is 107 Å². The molecule has 0 bridgehead atoms. The Kier molecular flexibility index (Phi) is 43.3. The summed E-state index contributed by atoms with van der Waals surface area (Å²) in [6, 6.07) is 12.2. The molecule has 2 aromatic carbocycles. The van der Waals surface area contributed by atoms with Crippen LogP contribution in [-0.4, -0.2) is 287 Å². The van der Waals surface area contributed by atoms with Crippen LogP contribution in [0.25, 0.3) is 0 Å². The number of primary amides is 1. The van der Waals surface area contributed by atoms with Gasteiger partial charge in [0.15, 0.2) is 11.6 Å². The molecule has 11 amide bonds. The number of rotatable bonds is 55. The van der Waals surface area contributed by atoms with E-state index in [1.165, 1.54) is 54.7 Å². The predicted molar refractivity (Wildman–Crippen MR) is 451 cm³/mol. The van der Waals surface area contributed by atoms with Crippen molar-refractivity contribution in [3.8, 4) is 0 Å². The number of aliphatic hydroxyl groups is 1. The zero-order valence-corrected chi connectivity index (χ0v) is 73.6. The van der Waals surface area contributed by atoms with Gasteiger partial charge in [-0.05, 0) is 80.5 Å². The minimum Gasteiger partial charge on any atom is -0.431 e. The second kappa shape index (κ2) is 51.9. The zero-order chi connectivity index (χ0) is 88.1. The summed E-state index contributed by atoms with van der Waals surface area (Å²) in [5, 5.41) is 24.7. The molecule has 3 fully saturated rings. The molecule has 4 heterocycles. The summed E-state index contributed by atoms with van der Waals surface area (Å²) in [7, 11) is 6.53. The van der Waals surface area contributed by atoms with E-state index in [9.17, 15) is 57.8 Å². The van der Waals surface area contributed by atoms with Gasteiger partial charge >= 0.3 is 12.1 Å². The van der Waals surface area contributed by atoms with Crippen molar-refractivity contribution in [2.45, 2.75) is 194 Å². The third-order valence-corrected chi connectivity index (χ3v) is 24.1. The van der Waals surface area contributed by atoms with E-state index >= 15 is 9.59 Å². The monoisotopic (exact) mass is 1700 g/mol. The molecule has 668 valence electrons. The maximum absolute atomic E-state index is 15.2. The highest BCUT2D eigenvalue weighted by Crippen LogP contribution is 2.36. The number of amides is 11. The summed E-state index contributed by atoms with van der Waals surface area (Å²) in [5.74, 6) is -8.32. The minimum atomic E-state index is -1.52. The predicted octanol–water partition coefficient (Wildman–Crippen LogP) is 7.00. The van der Waals surface area contributed by atoms with Gasteiger partial charge in [-0.15, -0.1) is 11.3 Å². The van der Waals surface area contributed by atoms with Crippen molar-refractivity contribution >= 4 is 93.8 Å². The van der Waals surface area contributed by atoms with Crippen LogP contribution >= 0.6 is 11.3 Å². The summed E-state index contributed by atoms with van der Waals surface area (Å²) < 4.78 is 34.6. The van der Waals surface area contributed by atoms with Crippen molar-refractivity contribution < 1.29 is 95.9 Å². The number of methoxy groups -OCH3 is 1. The number of nitrogens with one attached hydrogen (secondary N) is 4. The Labute approximate surface area is 711 Å². The summed E-state index contributed by atoms with van der Waals surface area (Å²) in [6.07, 6.45) is 1.22. The fourth-order valence-electron chi connectivity index (χ4n) is 15.9. The Balaban J connectivity index is 1.04. The molecule has 3 aliphatic heterocycles. The fraction of sp³-hybridized carbons (Fsp3) is 0.678. The molecule has 6 rings (SSSR count). The van der Waals surface area contributed by atoms with Gasteiger partial charge in [-0.1, -0.05) is 111 Å².